The molecule has 0 aliphatic carbocycles. The molecule has 0 spiro atoms. The molecule has 1 heteroatoms. The van der Waals surface area contributed by atoms with Crippen LogP contribution >= 0.6 is 11.8 Å². The zero-order valence-electron chi connectivity index (χ0n) is 5.90. The fraction of sp³-hybridized carbons (Fsp3) is 1.00. The lowest BCUT2D eigenvalue weighted by atomic mass is 9.84. The molecule has 1 saturated heterocycles. The molecule has 1 aliphatic heterocycles. The van der Waals surface area contributed by atoms with E-state index in [1.807, 2.05) is 0 Å². The van der Waals surface area contributed by atoms with E-state index in [2.05, 4.69) is 32.5 Å². The Balaban J connectivity index is 2.54. The average molecular weight is 130 g/mol. The molecular formula is C7H14S. The maximum Gasteiger partial charge on any atom is -0.00131 e. The van der Waals surface area contributed by atoms with Crippen molar-refractivity contribution in [1.29, 1.82) is 0 Å². The van der Waals surface area contributed by atoms with Crippen LogP contribution < -0.4 is 0 Å². The van der Waals surface area contributed by atoms with E-state index in [0.717, 1.165) is 5.92 Å². The van der Waals surface area contributed by atoms with E-state index in [1.54, 1.807) is 0 Å². The van der Waals surface area contributed by atoms with Crippen LogP contribution in [0.15, 0.2) is 0 Å². The highest BCUT2D eigenvalue weighted by Crippen LogP contribution is 2.39. The summed E-state index contributed by atoms with van der Waals surface area (Å²) in [5, 5.41) is 0. The van der Waals surface area contributed by atoms with Gasteiger partial charge in [-0.15, -0.1) is 0 Å². The quantitative estimate of drug-likeness (QED) is 0.485. The molecule has 1 rings (SSSR count). The van der Waals surface area contributed by atoms with Crippen LogP contribution in [0.4, 0.5) is 0 Å². The van der Waals surface area contributed by atoms with Crippen molar-refractivity contribution in [2.75, 3.05) is 11.5 Å². The fourth-order valence-electron chi connectivity index (χ4n) is 0.867. The molecule has 0 radical (unpaired) electrons. The number of hydrogen-bond donors (Lipinski definition) is 0. The van der Waals surface area contributed by atoms with E-state index in [1.165, 1.54) is 11.5 Å². The Hall–Kier alpha value is 0.350. The van der Waals surface area contributed by atoms with Gasteiger partial charge in [0.05, 0.1) is 0 Å². The van der Waals surface area contributed by atoms with Gasteiger partial charge in [0.1, 0.15) is 0 Å². The molecule has 1 heterocycles. The molecule has 48 valence electrons. The monoisotopic (exact) mass is 130 g/mol. The van der Waals surface area contributed by atoms with Gasteiger partial charge in [0.25, 0.3) is 0 Å². The maximum atomic E-state index is 2.36. The predicted molar refractivity (Wildman–Crippen MR) is 40.3 cm³/mol. The summed E-state index contributed by atoms with van der Waals surface area (Å²) >= 11 is 2.09. The van der Waals surface area contributed by atoms with Crippen LogP contribution in [0.3, 0.4) is 0 Å². The summed E-state index contributed by atoms with van der Waals surface area (Å²) in [7, 11) is 0. The van der Waals surface area contributed by atoms with E-state index < -0.39 is 0 Å². The average Bonchev–Trinajstić information content (AvgIpc) is 1.86. The highest BCUT2D eigenvalue weighted by Gasteiger charge is 2.30. The third kappa shape index (κ3) is 1.02. The maximum absolute atomic E-state index is 2.36. The van der Waals surface area contributed by atoms with E-state index in [9.17, 15) is 0 Å². The summed E-state index contributed by atoms with van der Waals surface area (Å²) in [6.45, 7) is 7.06. The van der Waals surface area contributed by atoms with Gasteiger partial charge in [0, 0.05) is 0 Å². The van der Waals surface area contributed by atoms with Crippen molar-refractivity contribution in [2.24, 2.45) is 11.3 Å². The van der Waals surface area contributed by atoms with E-state index in [4.69, 9.17) is 0 Å². The van der Waals surface area contributed by atoms with Gasteiger partial charge >= 0.3 is 0 Å². The second kappa shape index (κ2) is 1.94. The molecule has 0 amide bonds. The Morgan fingerprint density at radius 1 is 1.50 bits per heavy atom. The SMILES string of the molecule is CC1CSCC1(C)C. The second-order valence-corrected chi connectivity index (χ2v) is 4.44. The lowest BCUT2D eigenvalue weighted by molar-refractivity contribution is 0.313. The second-order valence-electron chi connectivity index (χ2n) is 3.40. The molecule has 8 heavy (non-hydrogen) atoms. The number of rotatable bonds is 0. The minimum absolute atomic E-state index is 0.616. The van der Waals surface area contributed by atoms with Crippen LogP contribution in [0.1, 0.15) is 20.8 Å². The van der Waals surface area contributed by atoms with Crippen LogP contribution in [-0.2, 0) is 0 Å². The summed E-state index contributed by atoms with van der Waals surface area (Å²) < 4.78 is 0. The minimum atomic E-state index is 0.616. The summed E-state index contributed by atoms with van der Waals surface area (Å²) in [5.41, 5.74) is 0.616. The lowest BCUT2D eigenvalue weighted by Gasteiger charge is -2.21. The van der Waals surface area contributed by atoms with Gasteiger partial charge in [-0.2, -0.15) is 11.8 Å². The fourth-order valence-corrected chi connectivity index (χ4v) is 2.60. The van der Waals surface area contributed by atoms with Gasteiger partial charge in [-0.1, -0.05) is 20.8 Å². The molecule has 0 aromatic rings. The highest BCUT2D eigenvalue weighted by molar-refractivity contribution is 7.99. The summed E-state index contributed by atoms with van der Waals surface area (Å²) in [4.78, 5) is 0. The molecule has 1 atom stereocenters. The third-order valence-corrected chi connectivity index (χ3v) is 3.86. The van der Waals surface area contributed by atoms with Gasteiger partial charge in [-0.05, 0) is 22.8 Å². The third-order valence-electron chi connectivity index (χ3n) is 2.18. The smallest absolute Gasteiger partial charge is 0.00131 e. The highest BCUT2D eigenvalue weighted by atomic mass is 32.2. The standard InChI is InChI=1S/C7H14S/c1-6-4-8-5-7(6,2)3/h6H,4-5H2,1-3H3. The first-order chi connectivity index (χ1) is 3.63. The van der Waals surface area contributed by atoms with Crippen LogP contribution in [0.5, 0.6) is 0 Å². The number of hydrogen-bond acceptors (Lipinski definition) is 1. The molecule has 1 unspecified atom stereocenters. The van der Waals surface area contributed by atoms with E-state index in [-0.39, 0.29) is 0 Å². The van der Waals surface area contributed by atoms with Crippen LogP contribution in [-0.4, -0.2) is 11.5 Å². The molecule has 0 aromatic heterocycles. The Kier molecular flexibility index (Phi) is 1.57. The van der Waals surface area contributed by atoms with Crippen molar-refractivity contribution in [3.63, 3.8) is 0 Å². The lowest BCUT2D eigenvalue weighted by Crippen LogP contribution is -2.18. The Bertz CT molecular complexity index is 86.4. The summed E-state index contributed by atoms with van der Waals surface area (Å²) in [6.07, 6.45) is 0. The first kappa shape index (κ1) is 6.47. The zero-order valence-corrected chi connectivity index (χ0v) is 6.72. The van der Waals surface area contributed by atoms with Gasteiger partial charge in [0.2, 0.25) is 0 Å². The van der Waals surface area contributed by atoms with Gasteiger partial charge in [0.15, 0.2) is 0 Å². The normalized spacial score (nSPS) is 35.6. The van der Waals surface area contributed by atoms with Crippen LogP contribution in [0.2, 0.25) is 0 Å². The molecular weight excluding hydrogens is 116 g/mol. The van der Waals surface area contributed by atoms with Crippen molar-refractivity contribution in [3.05, 3.63) is 0 Å². The number of thioether (sulfide) groups is 1. The van der Waals surface area contributed by atoms with E-state index >= 15 is 0 Å². The largest absolute Gasteiger partial charge is 0.161 e. The Morgan fingerprint density at radius 3 is 2.25 bits per heavy atom. The van der Waals surface area contributed by atoms with Crippen molar-refractivity contribution in [2.45, 2.75) is 20.8 Å². The Morgan fingerprint density at radius 2 is 2.12 bits per heavy atom. The minimum Gasteiger partial charge on any atom is -0.161 e. The van der Waals surface area contributed by atoms with E-state index in [0.29, 0.717) is 5.41 Å². The van der Waals surface area contributed by atoms with Crippen LogP contribution in [0.25, 0.3) is 0 Å². The first-order valence-corrected chi connectivity index (χ1v) is 4.36. The van der Waals surface area contributed by atoms with Gasteiger partial charge in [-0.3, -0.25) is 0 Å². The first-order valence-electron chi connectivity index (χ1n) is 3.21. The van der Waals surface area contributed by atoms with Crippen molar-refractivity contribution in [1.82, 2.24) is 0 Å². The zero-order chi connectivity index (χ0) is 6.20. The molecule has 1 aliphatic rings. The predicted octanol–water partition coefficient (Wildman–Crippen LogP) is 2.40. The van der Waals surface area contributed by atoms with Crippen molar-refractivity contribution >= 4 is 11.8 Å². The van der Waals surface area contributed by atoms with Crippen molar-refractivity contribution < 1.29 is 0 Å². The molecule has 0 N–H and O–H groups in total. The molecule has 0 nitrogen and oxygen atoms in total. The summed E-state index contributed by atoms with van der Waals surface area (Å²) in [5.74, 6) is 3.65. The van der Waals surface area contributed by atoms with Crippen LogP contribution in [0, 0.1) is 11.3 Å². The Labute approximate surface area is 56.0 Å². The molecule has 1 fully saturated rings. The topological polar surface area (TPSA) is 0 Å². The van der Waals surface area contributed by atoms with Crippen molar-refractivity contribution in [3.8, 4) is 0 Å². The summed E-state index contributed by atoms with van der Waals surface area (Å²) in [6, 6.07) is 0. The molecule has 0 bridgehead atoms. The molecule has 0 aromatic carbocycles. The van der Waals surface area contributed by atoms with Gasteiger partial charge < -0.3 is 0 Å². The van der Waals surface area contributed by atoms with Gasteiger partial charge in [-0.25, -0.2) is 0 Å². The molecule has 0 saturated carbocycles.